The van der Waals surface area contributed by atoms with Crippen LogP contribution in [0, 0.1) is 0 Å². The van der Waals surface area contributed by atoms with Gasteiger partial charge in [0.15, 0.2) is 0 Å². The molecule has 0 fully saturated rings. The molecule has 1 amide bonds. The summed E-state index contributed by atoms with van der Waals surface area (Å²) in [5.74, 6) is -1.06. The van der Waals surface area contributed by atoms with Crippen LogP contribution in [0.3, 0.4) is 0 Å². The lowest BCUT2D eigenvalue weighted by atomic mass is 10.1. The molecule has 1 rings (SSSR count). The standard InChI is InChI=1S/C12H15F3N2O/c1-8(16-2)9-4-3-5-10(6-9)17-11(18)7-12(13,14)15/h3-6,8,16H,7H2,1-2H3,(H,17,18). The van der Waals surface area contributed by atoms with E-state index in [4.69, 9.17) is 0 Å². The molecular formula is C12H15F3N2O. The zero-order valence-electron chi connectivity index (χ0n) is 10.1. The molecular weight excluding hydrogens is 245 g/mol. The number of benzene rings is 1. The summed E-state index contributed by atoms with van der Waals surface area (Å²) < 4.78 is 36.0. The fraction of sp³-hybridized carbons (Fsp3) is 0.417. The maximum Gasteiger partial charge on any atom is 0.397 e. The van der Waals surface area contributed by atoms with E-state index in [0.717, 1.165) is 5.56 Å². The van der Waals surface area contributed by atoms with Crippen molar-refractivity contribution in [3.63, 3.8) is 0 Å². The number of carbonyl (C=O) groups is 1. The van der Waals surface area contributed by atoms with Gasteiger partial charge in [0.2, 0.25) is 5.91 Å². The number of hydrogen-bond donors (Lipinski definition) is 2. The summed E-state index contributed by atoms with van der Waals surface area (Å²) in [6.07, 6.45) is -5.96. The van der Waals surface area contributed by atoms with Crippen LogP contribution in [-0.4, -0.2) is 19.1 Å². The van der Waals surface area contributed by atoms with Crippen LogP contribution < -0.4 is 10.6 Å². The minimum Gasteiger partial charge on any atom is -0.326 e. The van der Waals surface area contributed by atoms with Crippen molar-refractivity contribution in [3.05, 3.63) is 29.8 Å². The molecule has 0 aliphatic carbocycles. The molecule has 0 aliphatic heterocycles. The highest BCUT2D eigenvalue weighted by Gasteiger charge is 2.31. The Bertz CT molecular complexity index is 418. The Labute approximate surface area is 103 Å². The van der Waals surface area contributed by atoms with Crippen molar-refractivity contribution in [1.82, 2.24) is 5.32 Å². The monoisotopic (exact) mass is 260 g/mol. The smallest absolute Gasteiger partial charge is 0.326 e. The van der Waals surface area contributed by atoms with Crippen LogP contribution >= 0.6 is 0 Å². The molecule has 0 heterocycles. The number of rotatable bonds is 4. The first-order valence-corrected chi connectivity index (χ1v) is 5.45. The second-order valence-corrected chi connectivity index (χ2v) is 3.98. The first-order valence-electron chi connectivity index (χ1n) is 5.45. The molecule has 1 aromatic carbocycles. The fourth-order valence-corrected chi connectivity index (χ4v) is 1.44. The molecule has 18 heavy (non-hydrogen) atoms. The number of amides is 1. The largest absolute Gasteiger partial charge is 0.397 e. The van der Waals surface area contributed by atoms with Gasteiger partial charge in [-0.15, -0.1) is 0 Å². The summed E-state index contributed by atoms with van der Waals surface area (Å²) in [7, 11) is 1.78. The van der Waals surface area contributed by atoms with E-state index in [0.29, 0.717) is 5.69 Å². The summed E-state index contributed by atoms with van der Waals surface area (Å²) in [5, 5.41) is 5.24. The van der Waals surface area contributed by atoms with E-state index in [1.807, 2.05) is 13.0 Å². The molecule has 0 aliphatic rings. The summed E-state index contributed by atoms with van der Waals surface area (Å²) >= 11 is 0. The number of alkyl halides is 3. The SMILES string of the molecule is CNC(C)c1cccc(NC(=O)CC(F)(F)F)c1. The van der Waals surface area contributed by atoms with E-state index in [-0.39, 0.29) is 6.04 Å². The van der Waals surface area contributed by atoms with Crippen molar-refractivity contribution < 1.29 is 18.0 Å². The van der Waals surface area contributed by atoms with Crippen LogP contribution in [0.15, 0.2) is 24.3 Å². The summed E-state index contributed by atoms with van der Waals surface area (Å²) in [4.78, 5) is 11.1. The Hall–Kier alpha value is -1.56. The van der Waals surface area contributed by atoms with Crippen molar-refractivity contribution in [2.75, 3.05) is 12.4 Å². The fourth-order valence-electron chi connectivity index (χ4n) is 1.44. The molecule has 0 spiro atoms. The van der Waals surface area contributed by atoms with Gasteiger partial charge < -0.3 is 10.6 Å². The molecule has 1 aromatic rings. The van der Waals surface area contributed by atoms with Gasteiger partial charge in [-0.2, -0.15) is 13.2 Å². The Morgan fingerprint density at radius 2 is 2.06 bits per heavy atom. The number of halogens is 3. The first-order chi connectivity index (χ1) is 8.31. The van der Waals surface area contributed by atoms with Crippen molar-refractivity contribution in [1.29, 1.82) is 0 Å². The molecule has 1 atom stereocenters. The second-order valence-electron chi connectivity index (χ2n) is 3.98. The van der Waals surface area contributed by atoms with Gasteiger partial charge >= 0.3 is 6.18 Å². The lowest BCUT2D eigenvalue weighted by Gasteiger charge is -2.13. The van der Waals surface area contributed by atoms with Crippen molar-refractivity contribution in [2.24, 2.45) is 0 Å². The molecule has 2 N–H and O–H groups in total. The number of hydrogen-bond acceptors (Lipinski definition) is 2. The van der Waals surface area contributed by atoms with Gasteiger partial charge in [0.05, 0.1) is 0 Å². The molecule has 0 aromatic heterocycles. The minimum atomic E-state index is -4.49. The van der Waals surface area contributed by atoms with Crippen molar-refractivity contribution in [2.45, 2.75) is 25.6 Å². The van der Waals surface area contributed by atoms with Crippen LogP contribution in [0.2, 0.25) is 0 Å². The van der Waals surface area contributed by atoms with E-state index >= 15 is 0 Å². The van der Waals surface area contributed by atoms with Gasteiger partial charge in [0.25, 0.3) is 0 Å². The summed E-state index contributed by atoms with van der Waals surface area (Å²) in [6.45, 7) is 1.91. The van der Waals surface area contributed by atoms with E-state index in [1.165, 1.54) is 0 Å². The molecule has 100 valence electrons. The van der Waals surface area contributed by atoms with Crippen LogP contribution in [0.25, 0.3) is 0 Å². The van der Waals surface area contributed by atoms with Gasteiger partial charge in [-0.05, 0) is 31.7 Å². The Kier molecular flexibility index (Phi) is 4.72. The van der Waals surface area contributed by atoms with E-state index in [9.17, 15) is 18.0 Å². The average Bonchev–Trinajstić information content (AvgIpc) is 2.25. The van der Waals surface area contributed by atoms with Gasteiger partial charge in [-0.1, -0.05) is 12.1 Å². The van der Waals surface area contributed by atoms with Gasteiger partial charge in [-0.25, -0.2) is 0 Å². The molecule has 0 saturated heterocycles. The van der Waals surface area contributed by atoms with Crippen molar-refractivity contribution >= 4 is 11.6 Å². The number of nitrogens with one attached hydrogen (secondary N) is 2. The third-order valence-electron chi connectivity index (χ3n) is 2.46. The molecule has 3 nitrogen and oxygen atoms in total. The molecule has 0 saturated carbocycles. The number of anilines is 1. The van der Waals surface area contributed by atoms with E-state index < -0.39 is 18.5 Å². The molecule has 0 bridgehead atoms. The zero-order chi connectivity index (χ0) is 13.8. The van der Waals surface area contributed by atoms with Gasteiger partial charge in [0, 0.05) is 11.7 Å². The predicted molar refractivity (Wildman–Crippen MR) is 63.2 cm³/mol. The topological polar surface area (TPSA) is 41.1 Å². The quantitative estimate of drug-likeness (QED) is 0.874. The maximum atomic E-state index is 12.0. The molecule has 1 unspecified atom stereocenters. The normalized spacial score (nSPS) is 13.2. The highest BCUT2D eigenvalue weighted by Crippen LogP contribution is 2.21. The summed E-state index contributed by atoms with van der Waals surface area (Å²) in [6, 6.07) is 6.78. The van der Waals surface area contributed by atoms with Crippen LogP contribution in [-0.2, 0) is 4.79 Å². The van der Waals surface area contributed by atoms with E-state index in [1.54, 1.807) is 25.2 Å². The summed E-state index contributed by atoms with van der Waals surface area (Å²) in [5.41, 5.74) is 1.26. The number of carbonyl (C=O) groups excluding carboxylic acids is 1. The maximum absolute atomic E-state index is 12.0. The molecule has 0 radical (unpaired) electrons. The van der Waals surface area contributed by atoms with Crippen LogP contribution in [0.1, 0.15) is 24.9 Å². The van der Waals surface area contributed by atoms with Crippen LogP contribution in [0.5, 0.6) is 0 Å². The Balaban J connectivity index is 2.71. The lowest BCUT2D eigenvalue weighted by molar-refractivity contribution is -0.150. The van der Waals surface area contributed by atoms with Crippen LogP contribution in [0.4, 0.5) is 18.9 Å². The Morgan fingerprint density at radius 1 is 1.39 bits per heavy atom. The lowest BCUT2D eigenvalue weighted by Crippen LogP contribution is -2.21. The third kappa shape index (κ3) is 4.75. The highest BCUT2D eigenvalue weighted by atomic mass is 19.4. The van der Waals surface area contributed by atoms with E-state index in [2.05, 4.69) is 10.6 Å². The van der Waals surface area contributed by atoms with Gasteiger partial charge in [-0.3, -0.25) is 4.79 Å². The Morgan fingerprint density at radius 3 is 2.61 bits per heavy atom. The second kappa shape index (κ2) is 5.86. The van der Waals surface area contributed by atoms with Gasteiger partial charge in [0.1, 0.15) is 6.42 Å². The molecule has 6 heteroatoms. The predicted octanol–water partition coefficient (Wildman–Crippen LogP) is 2.86. The zero-order valence-corrected chi connectivity index (χ0v) is 10.1. The highest BCUT2D eigenvalue weighted by molar-refractivity contribution is 5.91. The minimum absolute atomic E-state index is 0.0597. The third-order valence-corrected chi connectivity index (χ3v) is 2.46. The van der Waals surface area contributed by atoms with Crippen molar-refractivity contribution in [3.8, 4) is 0 Å². The average molecular weight is 260 g/mol. The first kappa shape index (κ1) is 14.5.